The number of ether oxygens (including phenoxy) is 1. The highest BCUT2D eigenvalue weighted by molar-refractivity contribution is 5.95. The number of anilines is 1. The Kier molecular flexibility index (Phi) is 5.45. The van der Waals surface area contributed by atoms with E-state index in [1.54, 1.807) is 37.6 Å². The molecule has 1 aliphatic rings. The number of hydrazone groups is 1. The van der Waals surface area contributed by atoms with Crippen molar-refractivity contribution >= 4 is 17.8 Å². The Hall–Kier alpha value is -2.82. The fourth-order valence-corrected chi connectivity index (χ4v) is 3.86. The third-order valence-electron chi connectivity index (χ3n) is 5.72. The number of nitrogens with one attached hydrogen (secondary N) is 1. The molecule has 1 aliphatic heterocycles. The Labute approximate surface area is 167 Å². The van der Waals surface area contributed by atoms with Gasteiger partial charge >= 0.3 is 0 Å². The molecule has 2 aromatic rings. The fraction of sp³-hybridized carbons (Fsp3) is 0.391. The van der Waals surface area contributed by atoms with Gasteiger partial charge in [-0.05, 0) is 80.1 Å². The van der Waals surface area contributed by atoms with Crippen molar-refractivity contribution in [1.29, 1.82) is 0 Å². The number of rotatable bonds is 4. The summed E-state index contributed by atoms with van der Waals surface area (Å²) in [5.74, 6) is 0.851. The van der Waals surface area contributed by atoms with E-state index in [9.17, 15) is 4.79 Å². The smallest absolute Gasteiger partial charge is 0.271 e. The average molecular weight is 380 g/mol. The van der Waals surface area contributed by atoms with Gasteiger partial charge in [-0.15, -0.1) is 0 Å². The van der Waals surface area contributed by atoms with E-state index in [-0.39, 0.29) is 11.4 Å². The summed E-state index contributed by atoms with van der Waals surface area (Å²) >= 11 is 0. The predicted molar refractivity (Wildman–Crippen MR) is 115 cm³/mol. The van der Waals surface area contributed by atoms with Crippen LogP contribution in [0.5, 0.6) is 5.75 Å². The van der Waals surface area contributed by atoms with Crippen molar-refractivity contribution in [2.45, 2.75) is 45.6 Å². The maximum atomic E-state index is 12.3. The number of carbonyl (C=O) groups excluding carboxylic acids is 1. The van der Waals surface area contributed by atoms with Crippen molar-refractivity contribution in [1.82, 2.24) is 5.43 Å². The minimum atomic E-state index is -0.263. The minimum absolute atomic E-state index is 0.138. The van der Waals surface area contributed by atoms with Crippen LogP contribution in [0.1, 0.15) is 60.2 Å². The summed E-state index contributed by atoms with van der Waals surface area (Å²) < 4.78 is 5.16. The molecular weight excluding hydrogens is 350 g/mol. The van der Waals surface area contributed by atoms with Crippen LogP contribution in [0.3, 0.4) is 0 Å². The fourth-order valence-electron chi connectivity index (χ4n) is 3.86. The van der Waals surface area contributed by atoms with E-state index in [0.717, 1.165) is 17.5 Å². The van der Waals surface area contributed by atoms with Crippen molar-refractivity contribution in [3.05, 3.63) is 58.7 Å². The molecule has 5 nitrogen and oxygen atoms in total. The third-order valence-corrected chi connectivity index (χ3v) is 5.72. The van der Waals surface area contributed by atoms with Gasteiger partial charge in [-0.2, -0.15) is 5.10 Å². The number of amides is 1. The number of benzene rings is 2. The lowest BCUT2D eigenvalue weighted by Gasteiger charge is -2.45. The third kappa shape index (κ3) is 3.88. The monoisotopic (exact) mass is 379 g/mol. The van der Waals surface area contributed by atoms with Crippen molar-refractivity contribution in [2.75, 3.05) is 19.1 Å². The number of hydrogen-bond donors (Lipinski definition) is 1. The minimum Gasteiger partial charge on any atom is -0.497 e. The van der Waals surface area contributed by atoms with Crippen LogP contribution < -0.4 is 15.1 Å². The summed E-state index contributed by atoms with van der Waals surface area (Å²) in [6.07, 6.45) is 2.82. The van der Waals surface area contributed by atoms with E-state index in [0.29, 0.717) is 17.2 Å². The highest BCUT2D eigenvalue weighted by atomic mass is 16.5. The second kappa shape index (κ2) is 7.66. The Morgan fingerprint density at radius 3 is 2.79 bits per heavy atom. The maximum absolute atomic E-state index is 12.3. The zero-order valence-electron chi connectivity index (χ0n) is 17.5. The van der Waals surface area contributed by atoms with E-state index in [1.165, 1.54) is 11.3 Å². The van der Waals surface area contributed by atoms with Gasteiger partial charge in [0.1, 0.15) is 5.75 Å². The first-order valence-electron chi connectivity index (χ1n) is 9.59. The predicted octanol–water partition coefficient (Wildman–Crippen LogP) is 4.49. The molecule has 0 saturated heterocycles. The molecule has 0 aliphatic carbocycles. The second-order valence-corrected chi connectivity index (χ2v) is 8.18. The SMILES string of the molecule is COc1cccc(C(=O)N/N=C/c2cc3c(cc2C)N(C)C(C)(C)CC3C)c1. The number of carbonyl (C=O) groups is 1. The highest BCUT2D eigenvalue weighted by Gasteiger charge is 2.34. The summed E-state index contributed by atoms with van der Waals surface area (Å²) in [5, 5.41) is 4.18. The standard InChI is InChI=1S/C23H29N3O2/c1-15-10-21-20(16(2)13-23(3,4)26(21)5)12-18(15)14-24-25-22(27)17-8-7-9-19(11-17)28-6/h7-12,14,16H,13H2,1-6H3,(H,25,27)/b24-14+. The van der Waals surface area contributed by atoms with Crippen molar-refractivity contribution < 1.29 is 9.53 Å². The molecule has 0 aromatic heterocycles. The molecule has 1 unspecified atom stereocenters. The maximum Gasteiger partial charge on any atom is 0.271 e. The van der Waals surface area contributed by atoms with Crippen LogP contribution in [0.4, 0.5) is 5.69 Å². The zero-order chi connectivity index (χ0) is 20.5. The summed E-state index contributed by atoms with van der Waals surface area (Å²) in [6, 6.07) is 11.4. The lowest BCUT2D eigenvalue weighted by Crippen LogP contribution is -2.45. The second-order valence-electron chi connectivity index (χ2n) is 8.18. The van der Waals surface area contributed by atoms with Crippen molar-refractivity contribution in [2.24, 2.45) is 5.10 Å². The number of hydrogen-bond acceptors (Lipinski definition) is 4. The van der Waals surface area contributed by atoms with Crippen molar-refractivity contribution in [3.8, 4) is 5.75 Å². The quantitative estimate of drug-likeness (QED) is 0.629. The summed E-state index contributed by atoms with van der Waals surface area (Å²) in [4.78, 5) is 14.7. The molecular formula is C23H29N3O2. The first-order chi connectivity index (χ1) is 13.2. The molecule has 0 spiro atoms. The van der Waals surface area contributed by atoms with Gasteiger partial charge in [-0.3, -0.25) is 4.79 Å². The van der Waals surface area contributed by atoms with Gasteiger partial charge in [0.2, 0.25) is 0 Å². The summed E-state index contributed by atoms with van der Waals surface area (Å²) in [5.41, 5.74) is 8.01. The van der Waals surface area contributed by atoms with Crippen LogP contribution in [0.2, 0.25) is 0 Å². The Bertz CT molecular complexity index is 918. The first kappa shape index (κ1) is 19.9. The molecule has 0 radical (unpaired) electrons. The molecule has 1 heterocycles. The van der Waals surface area contributed by atoms with Crippen LogP contribution in [-0.2, 0) is 0 Å². The van der Waals surface area contributed by atoms with E-state index < -0.39 is 0 Å². The topological polar surface area (TPSA) is 53.9 Å². The van der Waals surface area contributed by atoms with Gasteiger partial charge in [-0.25, -0.2) is 5.43 Å². The summed E-state index contributed by atoms with van der Waals surface area (Å²) in [7, 11) is 3.74. The molecule has 1 N–H and O–H groups in total. The zero-order valence-corrected chi connectivity index (χ0v) is 17.5. The van der Waals surface area contributed by atoms with Gasteiger partial charge in [0.15, 0.2) is 0 Å². The Morgan fingerprint density at radius 2 is 2.07 bits per heavy atom. The number of methoxy groups -OCH3 is 1. The molecule has 0 saturated carbocycles. The molecule has 5 heteroatoms. The van der Waals surface area contributed by atoms with Gasteiger partial charge < -0.3 is 9.64 Å². The van der Waals surface area contributed by atoms with Gasteiger partial charge in [0.05, 0.1) is 13.3 Å². The average Bonchev–Trinajstić information content (AvgIpc) is 2.66. The lowest BCUT2D eigenvalue weighted by molar-refractivity contribution is 0.0955. The number of aryl methyl sites for hydroxylation is 1. The van der Waals surface area contributed by atoms with Crippen LogP contribution in [0, 0.1) is 6.92 Å². The molecule has 0 bridgehead atoms. The molecule has 148 valence electrons. The largest absolute Gasteiger partial charge is 0.497 e. The van der Waals surface area contributed by atoms with Crippen LogP contribution in [0.15, 0.2) is 41.5 Å². The van der Waals surface area contributed by atoms with Gasteiger partial charge in [0.25, 0.3) is 5.91 Å². The molecule has 28 heavy (non-hydrogen) atoms. The van der Waals surface area contributed by atoms with E-state index in [2.05, 4.69) is 62.3 Å². The van der Waals surface area contributed by atoms with E-state index >= 15 is 0 Å². The molecule has 1 atom stereocenters. The summed E-state index contributed by atoms with van der Waals surface area (Å²) in [6.45, 7) is 8.91. The first-order valence-corrected chi connectivity index (χ1v) is 9.59. The highest BCUT2D eigenvalue weighted by Crippen LogP contribution is 2.43. The molecule has 1 amide bonds. The normalized spacial score (nSPS) is 18.1. The van der Waals surface area contributed by atoms with Gasteiger partial charge in [0, 0.05) is 23.8 Å². The Morgan fingerprint density at radius 1 is 1.32 bits per heavy atom. The number of nitrogens with zero attached hydrogens (tertiary/aromatic N) is 2. The molecule has 0 fully saturated rings. The van der Waals surface area contributed by atoms with Crippen LogP contribution >= 0.6 is 0 Å². The van der Waals surface area contributed by atoms with Crippen molar-refractivity contribution in [3.63, 3.8) is 0 Å². The molecule has 2 aromatic carbocycles. The molecule has 3 rings (SSSR count). The van der Waals surface area contributed by atoms with Crippen LogP contribution in [-0.4, -0.2) is 31.8 Å². The Balaban J connectivity index is 1.79. The van der Waals surface area contributed by atoms with Gasteiger partial charge in [-0.1, -0.05) is 13.0 Å². The van der Waals surface area contributed by atoms with E-state index in [4.69, 9.17) is 4.74 Å². The lowest BCUT2D eigenvalue weighted by atomic mass is 9.79. The number of fused-ring (bicyclic) bond motifs is 1. The van der Waals surface area contributed by atoms with E-state index in [1.807, 2.05) is 0 Å². The van der Waals surface area contributed by atoms with Crippen LogP contribution in [0.25, 0.3) is 0 Å².